The summed E-state index contributed by atoms with van der Waals surface area (Å²) in [5, 5.41) is 0. The minimum absolute atomic E-state index is 0.159. The Labute approximate surface area is 137 Å². The fourth-order valence-corrected chi connectivity index (χ4v) is 12.1. The van der Waals surface area contributed by atoms with Gasteiger partial charge in [0.25, 0.3) is 11.8 Å². The number of allylic oxidation sites excluding steroid dienone is 2. The monoisotopic (exact) mass is 351 g/mol. The van der Waals surface area contributed by atoms with Crippen LogP contribution in [0.5, 0.6) is 0 Å². The lowest BCUT2D eigenvalue weighted by atomic mass is 10.1. The van der Waals surface area contributed by atoms with E-state index in [0.29, 0.717) is 6.04 Å². The van der Waals surface area contributed by atoms with E-state index in [9.17, 15) is 19.2 Å². The summed E-state index contributed by atoms with van der Waals surface area (Å²) in [5.74, 6) is -1.58. The Balaban J connectivity index is 2.00. The number of hydrogen-bond donors (Lipinski definition) is 0. The summed E-state index contributed by atoms with van der Waals surface area (Å²) < 4.78 is 6.31. The maximum absolute atomic E-state index is 11.8. The Morgan fingerprint density at radius 1 is 0.870 bits per heavy atom. The molecule has 2 rings (SSSR count). The maximum atomic E-state index is 11.8. The van der Waals surface area contributed by atoms with Gasteiger partial charge in [-0.2, -0.15) is 0 Å². The molecule has 0 aromatic carbocycles. The Morgan fingerprint density at radius 3 is 1.83 bits per heavy atom. The molecule has 1 aliphatic carbocycles. The molecule has 2 aliphatic rings. The van der Waals surface area contributed by atoms with Gasteiger partial charge >= 0.3 is 0 Å². The predicted octanol–water partition coefficient (Wildman–Crippen LogP) is 1.20. The van der Waals surface area contributed by atoms with Gasteiger partial charge in [-0.15, -0.1) is 0 Å². The first-order chi connectivity index (χ1) is 10.5. The first-order valence-corrected chi connectivity index (χ1v) is 13.7. The lowest BCUT2D eigenvalue weighted by molar-refractivity contribution is -0.136. The highest BCUT2D eigenvalue weighted by Crippen LogP contribution is 2.27. The van der Waals surface area contributed by atoms with E-state index in [2.05, 4.69) is 0 Å². The lowest BCUT2D eigenvalue weighted by Gasteiger charge is -2.36. The summed E-state index contributed by atoms with van der Waals surface area (Å²) in [6.45, 7) is 7.81. The number of nitrogens with zero attached hydrogens (tertiary/aromatic N) is 1. The predicted molar refractivity (Wildman–Crippen MR) is 89.4 cm³/mol. The molecule has 0 radical (unpaired) electrons. The molecule has 0 spiro atoms. The van der Waals surface area contributed by atoms with Crippen LogP contribution in [0.15, 0.2) is 24.3 Å². The molecule has 124 valence electrons. The number of carbonyl (C=O) groups excluding carboxylic acids is 4. The first-order valence-electron chi connectivity index (χ1n) is 7.50. The average molecular weight is 352 g/mol. The number of amides is 2. The van der Waals surface area contributed by atoms with Crippen molar-refractivity contribution in [2.45, 2.75) is 32.2 Å². The van der Waals surface area contributed by atoms with Crippen LogP contribution in [0.4, 0.5) is 0 Å². The zero-order chi connectivity index (χ0) is 17.4. The molecule has 0 unspecified atom stereocenters. The molecular weight excluding hydrogens is 330 g/mol. The molecule has 1 heterocycles. The number of carbonyl (C=O) groups is 4. The molecule has 1 aliphatic heterocycles. The van der Waals surface area contributed by atoms with Crippen LogP contribution in [0.25, 0.3) is 0 Å². The molecule has 6 nitrogen and oxygen atoms in total. The van der Waals surface area contributed by atoms with Gasteiger partial charge in [-0.1, -0.05) is 0 Å². The zero-order valence-electron chi connectivity index (χ0n) is 13.8. The van der Waals surface area contributed by atoms with Crippen molar-refractivity contribution in [1.29, 1.82) is 0 Å². The van der Waals surface area contributed by atoms with Crippen molar-refractivity contribution in [3.8, 4) is 0 Å². The van der Waals surface area contributed by atoms with Gasteiger partial charge < -0.3 is 4.12 Å². The molecule has 0 atom stereocenters. The van der Waals surface area contributed by atoms with E-state index in [1.54, 1.807) is 0 Å². The van der Waals surface area contributed by atoms with E-state index in [-0.39, 0.29) is 29.5 Å². The Bertz CT molecular complexity index is 546. The van der Waals surface area contributed by atoms with Gasteiger partial charge in [0.05, 0.1) is 5.92 Å². The molecule has 8 heteroatoms. The second kappa shape index (κ2) is 6.10. The zero-order valence-corrected chi connectivity index (χ0v) is 15.8. The largest absolute Gasteiger partial charge is 0.454 e. The van der Waals surface area contributed by atoms with Crippen LogP contribution in [-0.4, -0.2) is 51.1 Å². The summed E-state index contributed by atoms with van der Waals surface area (Å²) in [6, 6.07) is 0.425. The van der Waals surface area contributed by atoms with Crippen LogP contribution in [0.1, 0.15) is 0 Å². The Morgan fingerprint density at radius 2 is 1.35 bits per heavy atom. The average Bonchev–Trinajstić information content (AvgIpc) is 2.87. The van der Waals surface area contributed by atoms with E-state index in [0.717, 1.165) is 0 Å². The van der Waals surface area contributed by atoms with Gasteiger partial charge in [0.15, 0.2) is 28.2 Å². The number of rotatable bonds is 6. The van der Waals surface area contributed by atoms with Crippen LogP contribution in [0, 0.1) is 5.92 Å². The van der Waals surface area contributed by atoms with E-state index >= 15 is 0 Å². The number of imide groups is 1. The molecule has 0 aromatic heterocycles. The van der Waals surface area contributed by atoms with Crippen LogP contribution in [-0.2, 0) is 23.3 Å². The SMILES string of the molecule is C[Si](C)(CC1C(=O)C=CC1=O)O[Si](C)(C)CN1C(=O)C=CC1=O. The first kappa shape index (κ1) is 17.7. The van der Waals surface area contributed by atoms with Gasteiger partial charge in [0.1, 0.15) is 0 Å². The van der Waals surface area contributed by atoms with Crippen LogP contribution >= 0.6 is 0 Å². The second-order valence-electron chi connectivity index (χ2n) is 7.11. The van der Waals surface area contributed by atoms with E-state index < -0.39 is 22.6 Å². The van der Waals surface area contributed by atoms with Crippen molar-refractivity contribution >= 4 is 40.0 Å². The fourth-order valence-electron chi connectivity index (χ4n) is 3.02. The topological polar surface area (TPSA) is 80.8 Å². The second-order valence-corrected chi connectivity index (χ2v) is 15.7. The van der Waals surface area contributed by atoms with Crippen molar-refractivity contribution < 1.29 is 23.3 Å². The molecule has 0 aromatic rings. The minimum atomic E-state index is -2.34. The molecule has 0 fully saturated rings. The molecule has 0 saturated heterocycles. The third-order valence-corrected chi connectivity index (χ3v) is 10.7. The fraction of sp³-hybridized carbons (Fsp3) is 0.467. The third kappa shape index (κ3) is 4.21. The molecule has 2 amide bonds. The molecule has 0 bridgehead atoms. The van der Waals surface area contributed by atoms with Gasteiger partial charge in [-0.3, -0.25) is 24.1 Å². The Hall–Kier alpha value is -1.65. The normalized spacial score (nSPS) is 19.6. The van der Waals surface area contributed by atoms with Crippen LogP contribution < -0.4 is 0 Å². The minimum Gasteiger partial charge on any atom is -0.454 e. The number of ketones is 2. The summed E-state index contributed by atoms with van der Waals surface area (Å²) in [7, 11) is -4.63. The van der Waals surface area contributed by atoms with Gasteiger partial charge in [0, 0.05) is 18.3 Å². The highest BCUT2D eigenvalue weighted by atomic mass is 28.4. The van der Waals surface area contributed by atoms with Crippen molar-refractivity contribution in [2.24, 2.45) is 5.92 Å². The quantitative estimate of drug-likeness (QED) is 0.408. The maximum Gasteiger partial charge on any atom is 0.253 e. The summed E-state index contributed by atoms with van der Waals surface area (Å²) in [4.78, 5) is 48.1. The number of hydrogen-bond acceptors (Lipinski definition) is 5. The standard InChI is InChI=1S/C15H21NO5Si2/c1-22(2,9-11-12(17)5-6-13(11)18)21-23(3,4)10-16-14(19)7-8-15(16)20/h5-8,11H,9-10H2,1-4H3. The van der Waals surface area contributed by atoms with Crippen molar-refractivity contribution in [3.63, 3.8) is 0 Å². The van der Waals surface area contributed by atoms with Crippen LogP contribution in [0.2, 0.25) is 32.2 Å². The molecule has 0 N–H and O–H groups in total. The summed E-state index contributed by atoms with van der Waals surface area (Å²) in [6.07, 6.45) is 5.45. The van der Waals surface area contributed by atoms with E-state index in [1.165, 1.54) is 29.2 Å². The van der Waals surface area contributed by atoms with E-state index in [1.807, 2.05) is 26.2 Å². The van der Waals surface area contributed by atoms with Crippen molar-refractivity contribution in [3.05, 3.63) is 24.3 Å². The van der Waals surface area contributed by atoms with Crippen molar-refractivity contribution in [1.82, 2.24) is 4.90 Å². The highest BCUT2D eigenvalue weighted by molar-refractivity contribution is 6.85. The smallest absolute Gasteiger partial charge is 0.253 e. The van der Waals surface area contributed by atoms with E-state index in [4.69, 9.17) is 4.12 Å². The molecule has 0 saturated carbocycles. The van der Waals surface area contributed by atoms with Gasteiger partial charge in [-0.25, -0.2) is 0 Å². The molecular formula is C15H21NO5Si2. The highest BCUT2D eigenvalue weighted by Gasteiger charge is 2.41. The van der Waals surface area contributed by atoms with Gasteiger partial charge in [-0.05, 0) is 44.4 Å². The third-order valence-electron chi connectivity index (χ3n) is 3.79. The summed E-state index contributed by atoms with van der Waals surface area (Å²) in [5.41, 5.74) is 0. The van der Waals surface area contributed by atoms with Crippen molar-refractivity contribution in [2.75, 3.05) is 6.17 Å². The van der Waals surface area contributed by atoms with Crippen LogP contribution in [0.3, 0.4) is 0 Å². The lowest BCUT2D eigenvalue weighted by Crippen LogP contribution is -2.53. The van der Waals surface area contributed by atoms with Gasteiger partial charge in [0.2, 0.25) is 0 Å². The summed E-state index contributed by atoms with van der Waals surface area (Å²) >= 11 is 0. The molecule has 23 heavy (non-hydrogen) atoms. The Kier molecular flexibility index (Phi) is 4.70.